The number of nitrogens with zero attached hydrogens (tertiary/aromatic N) is 3. The highest BCUT2D eigenvalue weighted by Gasteiger charge is 2.38. The molecule has 2 unspecified atom stereocenters. The van der Waals surface area contributed by atoms with E-state index in [-0.39, 0.29) is 5.91 Å². The smallest absolute Gasteiger partial charge is 0.268 e. The summed E-state index contributed by atoms with van der Waals surface area (Å²) in [5.41, 5.74) is 3.50. The van der Waals surface area contributed by atoms with Gasteiger partial charge in [0.2, 0.25) is 6.10 Å². The predicted octanol–water partition coefficient (Wildman–Crippen LogP) is 3.26. The van der Waals surface area contributed by atoms with Gasteiger partial charge >= 0.3 is 0 Å². The predicted molar refractivity (Wildman–Crippen MR) is 109 cm³/mol. The number of ether oxygens (including phenoxy) is 2. The number of rotatable bonds is 5. The van der Waals surface area contributed by atoms with Crippen LogP contribution in [-0.2, 0) is 37.8 Å². The minimum absolute atomic E-state index is 0.134. The summed E-state index contributed by atoms with van der Waals surface area (Å²) in [5.74, 6) is 1.84. The third-order valence-corrected chi connectivity index (χ3v) is 5.86. The van der Waals surface area contributed by atoms with E-state index in [1.807, 2.05) is 55.1 Å². The van der Waals surface area contributed by atoms with Crippen molar-refractivity contribution in [1.82, 2.24) is 14.7 Å². The number of amides is 1. The van der Waals surface area contributed by atoms with Crippen molar-refractivity contribution in [1.29, 1.82) is 0 Å². The van der Waals surface area contributed by atoms with Gasteiger partial charge in [-0.15, -0.1) is 0 Å². The van der Waals surface area contributed by atoms with E-state index in [2.05, 4.69) is 0 Å². The Kier molecular flexibility index (Phi) is 4.73. The number of carbonyl (C=O) groups is 1. The first kappa shape index (κ1) is 18.8. The molecule has 1 aliphatic heterocycles. The zero-order valence-corrected chi connectivity index (χ0v) is 17.2. The van der Waals surface area contributed by atoms with Gasteiger partial charge in [0.05, 0.1) is 25.0 Å². The van der Waals surface area contributed by atoms with Gasteiger partial charge in [-0.3, -0.25) is 9.48 Å². The van der Waals surface area contributed by atoms with Crippen LogP contribution in [0.4, 0.5) is 0 Å². The highest BCUT2D eigenvalue weighted by atomic mass is 16.6. The summed E-state index contributed by atoms with van der Waals surface area (Å²) >= 11 is 0. The lowest BCUT2D eigenvalue weighted by Gasteiger charge is -2.34. The maximum absolute atomic E-state index is 13.6. The van der Waals surface area contributed by atoms with Gasteiger partial charge in [0.1, 0.15) is 11.9 Å². The van der Waals surface area contributed by atoms with E-state index in [1.54, 1.807) is 11.2 Å². The Morgan fingerprint density at radius 2 is 1.93 bits per heavy atom. The van der Waals surface area contributed by atoms with Gasteiger partial charge < -0.3 is 18.8 Å². The van der Waals surface area contributed by atoms with Crippen LogP contribution in [0.3, 0.4) is 0 Å². The third kappa shape index (κ3) is 3.34. The van der Waals surface area contributed by atoms with E-state index in [9.17, 15) is 4.79 Å². The van der Waals surface area contributed by atoms with Gasteiger partial charge in [-0.2, -0.15) is 5.10 Å². The summed E-state index contributed by atoms with van der Waals surface area (Å²) in [5, 5.41) is 4.70. The van der Waals surface area contributed by atoms with E-state index < -0.39 is 12.2 Å². The lowest BCUT2D eigenvalue weighted by atomic mass is 10.1. The molecule has 3 aromatic rings. The fourth-order valence-corrected chi connectivity index (χ4v) is 4.38. The Labute approximate surface area is 175 Å². The average molecular weight is 407 g/mol. The van der Waals surface area contributed by atoms with Crippen molar-refractivity contribution in [2.24, 2.45) is 7.05 Å². The minimum Gasteiger partial charge on any atom is -0.482 e. The Morgan fingerprint density at radius 1 is 1.13 bits per heavy atom. The van der Waals surface area contributed by atoms with Gasteiger partial charge in [0.25, 0.3) is 5.91 Å². The Morgan fingerprint density at radius 3 is 2.70 bits per heavy atom. The topological polar surface area (TPSA) is 69.7 Å². The molecule has 7 heteroatoms. The number of carbonyl (C=O) groups excluding carboxylic acids is 1. The Bertz CT molecular complexity index is 1060. The van der Waals surface area contributed by atoms with Crippen LogP contribution in [0.2, 0.25) is 0 Å². The third-order valence-electron chi connectivity index (χ3n) is 5.86. The summed E-state index contributed by atoms with van der Waals surface area (Å²) in [6, 6.07) is 11.1. The fraction of sp³-hybridized carbons (Fsp3) is 0.391. The Balaban J connectivity index is 1.43. The first-order valence-corrected chi connectivity index (χ1v) is 10.4. The number of aromatic nitrogens is 2. The summed E-state index contributed by atoms with van der Waals surface area (Å²) in [7, 11) is 1.98. The molecule has 0 saturated heterocycles. The van der Waals surface area contributed by atoms with Gasteiger partial charge in [-0.05, 0) is 56.0 Å². The summed E-state index contributed by atoms with van der Waals surface area (Å²) < 4.78 is 19.5. The summed E-state index contributed by atoms with van der Waals surface area (Å²) in [4.78, 5) is 15.4. The average Bonchev–Trinajstić information content (AvgIpc) is 3.48. The molecule has 7 nitrogen and oxygen atoms in total. The molecule has 0 radical (unpaired) electrons. The molecule has 3 heterocycles. The van der Waals surface area contributed by atoms with Crippen molar-refractivity contribution >= 4 is 5.91 Å². The second-order valence-corrected chi connectivity index (χ2v) is 7.93. The highest BCUT2D eigenvalue weighted by molar-refractivity contribution is 5.82. The monoisotopic (exact) mass is 407 g/mol. The number of hydrogen-bond acceptors (Lipinski definition) is 5. The molecule has 1 aliphatic carbocycles. The van der Waals surface area contributed by atoms with Gasteiger partial charge in [-0.25, -0.2) is 0 Å². The summed E-state index contributed by atoms with van der Waals surface area (Å²) in [6.07, 6.45) is 3.67. The number of benzene rings is 1. The molecule has 0 spiro atoms. The number of para-hydroxylation sites is 2. The number of aryl methyl sites for hydroxylation is 1. The number of furan rings is 1. The first-order valence-electron chi connectivity index (χ1n) is 10.4. The van der Waals surface area contributed by atoms with Crippen molar-refractivity contribution in [3.05, 3.63) is 65.4 Å². The Hall–Kier alpha value is -3.22. The standard InChI is InChI=1S/C23H25N3O4/c1-15-22(30-21-11-4-3-10-20(21)29-15)23(27)26(13-16-7-6-12-28-16)14-18-17-8-5-9-19(17)25(2)24-18/h3-4,6-7,10-12,15,22H,5,8-9,13-14H2,1-2H3. The molecular weight excluding hydrogens is 382 g/mol. The van der Waals surface area contributed by atoms with Crippen LogP contribution in [0.25, 0.3) is 0 Å². The van der Waals surface area contributed by atoms with Crippen LogP contribution >= 0.6 is 0 Å². The maximum Gasteiger partial charge on any atom is 0.268 e. The van der Waals surface area contributed by atoms with Crippen LogP contribution in [0.1, 0.15) is 36.1 Å². The highest BCUT2D eigenvalue weighted by Crippen LogP contribution is 2.34. The van der Waals surface area contributed by atoms with Gasteiger partial charge in [0, 0.05) is 12.7 Å². The van der Waals surface area contributed by atoms with Crippen molar-refractivity contribution in [3.63, 3.8) is 0 Å². The molecule has 5 rings (SSSR count). The molecule has 2 aromatic heterocycles. The van der Waals surface area contributed by atoms with Crippen LogP contribution in [-0.4, -0.2) is 32.8 Å². The number of fused-ring (bicyclic) bond motifs is 2. The molecule has 0 N–H and O–H groups in total. The zero-order chi connectivity index (χ0) is 20.7. The van der Waals surface area contributed by atoms with Crippen molar-refractivity contribution in [2.45, 2.75) is 51.5 Å². The maximum atomic E-state index is 13.6. The molecule has 0 fully saturated rings. The SMILES string of the molecule is CC1Oc2ccccc2OC1C(=O)N(Cc1ccco1)Cc1nn(C)c2c1CCC2. The van der Waals surface area contributed by atoms with Crippen LogP contribution in [0.5, 0.6) is 11.5 Å². The van der Waals surface area contributed by atoms with Crippen LogP contribution < -0.4 is 9.47 Å². The van der Waals surface area contributed by atoms with E-state index in [1.165, 1.54) is 11.3 Å². The molecule has 30 heavy (non-hydrogen) atoms. The molecule has 1 amide bonds. The second kappa shape index (κ2) is 7.55. The molecule has 0 bridgehead atoms. The quantitative estimate of drug-likeness (QED) is 0.649. The van der Waals surface area contributed by atoms with E-state index in [0.717, 1.165) is 30.7 Å². The van der Waals surface area contributed by atoms with Gasteiger partial charge in [0.15, 0.2) is 11.5 Å². The van der Waals surface area contributed by atoms with E-state index in [4.69, 9.17) is 19.0 Å². The van der Waals surface area contributed by atoms with Crippen molar-refractivity contribution in [2.75, 3.05) is 0 Å². The van der Waals surface area contributed by atoms with E-state index >= 15 is 0 Å². The first-order chi connectivity index (χ1) is 14.6. The largest absolute Gasteiger partial charge is 0.482 e. The molecule has 0 saturated carbocycles. The summed E-state index contributed by atoms with van der Waals surface area (Å²) in [6.45, 7) is 2.63. The molecular formula is C23H25N3O4. The molecule has 2 atom stereocenters. The normalized spacial score (nSPS) is 19.5. The lowest BCUT2D eigenvalue weighted by molar-refractivity contribution is -0.146. The minimum atomic E-state index is -0.730. The van der Waals surface area contributed by atoms with E-state index in [0.29, 0.717) is 24.6 Å². The van der Waals surface area contributed by atoms with Crippen molar-refractivity contribution < 1.29 is 18.7 Å². The van der Waals surface area contributed by atoms with Crippen LogP contribution in [0, 0.1) is 0 Å². The van der Waals surface area contributed by atoms with Gasteiger partial charge in [-0.1, -0.05) is 12.1 Å². The molecule has 2 aliphatic rings. The lowest BCUT2D eigenvalue weighted by Crippen LogP contribution is -2.50. The number of hydrogen-bond donors (Lipinski definition) is 0. The van der Waals surface area contributed by atoms with Crippen LogP contribution in [0.15, 0.2) is 47.1 Å². The zero-order valence-electron chi connectivity index (χ0n) is 17.2. The molecule has 1 aromatic carbocycles. The van der Waals surface area contributed by atoms with Crippen molar-refractivity contribution in [3.8, 4) is 11.5 Å². The second-order valence-electron chi connectivity index (χ2n) is 7.93. The fourth-order valence-electron chi connectivity index (χ4n) is 4.38. The molecule has 156 valence electrons.